The Bertz CT molecular complexity index is 215. The van der Waals surface area contributed by atoms with Crippen molar-refractivity contribution in [2.24, 2.45) is 10.4 Å². The lowest BCUT2D eigenvalue weighted by atomic mass is 9.89. The Kier molecular flexibility index (Phi) is 2.10. The van der Waals surface area contributed by atoms with E-state index in [2.05, 4.69) is 25.8 Å². The molecule has 1 unspecified atom stereocenters. The highest BCUT2D eigenvalue weighted by Crippen LogP contribution is 2.36. The summed E-state index contributed by atoms with van der Waals surface area (Å²) in [6, 6.07) is 0. The van der Waals surface area contributed by atoms with Crippen LogP contribution in [0.1, 0.15) is 27.7 Å². The third kappa shape index (κ3) is 1.83. The Morgan fingerprint density at radius 3 is 2.18 bits per heavy atom. The second kappa shape index (κ2) is 2.63. The van der Waals surface area contributed by atoms with E-state index in [0.717, 1.165) is 5.71 Å². The van der Waals surface area contributed by atoms with Crippen molar-refractivity contribution in [3.05, 3.63) is 0 Å². The van der Waals surface area contributed by atoms with Gasteiger partial charge in [0.15, 0.2) is 0 Å². The normalized spacial score (nSPS) is 25.6. The average molecular weight is 171 g/mol. The maximum atomic E-state index is 10.9. The van der Waals surface area contributed by atoms with E-state index in [0.29, 0.717) is 0 Å². The van der Waals surface area contributed by atoms with Crippen LogP contribution in [0.25, 0.3) is 0 Å². The molecular weight excluding hydrogens is 158 g/mol. The van der Waals surface area contributed by atoms with E-state index in [4.69, 9.17) is 0 Å². The number of hydrogen-bond donors (Lipinski definition) is 0. The maximum Gasteiger partial charge on any atom is 0.305 e. The molecule has 1 rings (SSSR count). The Morgan fingerprint density at radius 1 is 1.45 bits per heavy atom. The molecule has 0 radical (unpaired) electrons. The molecule has 1 heterocycles. The second-order valence-corrected chi connectivity index (χ2v) is 4.94. The predicted molar refractivity (Wildman–Crippen MR) is 49.3 cm³/mol. The summed E-state index contributed by atoms with van der Waals surface area (Å²) in [4.78, 5) is 14.8. The van der Waals surface area contributed by atoms with Gasteiger partial charge in [0.2, 0.25) is 0 Å². The molecule has 11 heavy (non-hydrogen) atoms. The topological polar surface area (TPSA) is 29.4 Å². The van der Waals surface area contributed by atoms with Gasteiger partial charge in [0.25, 0.3) is 0 Å². The minimum Gasteiger partial charge on any atom is -0.259 e. The van der Waals surface area contributed by atoms with E-state index in [1.54, 1.807) is 0 Å². The quantitative estimate of drug-likeness (QED) is 0.561. The van der Waals surface area contributed by atoms with Crippen molar-refractivity contribution < 1.29 is 4.79 Å². The fourth-order valence-corrected chi connectivity index (χ4v) is 2.19. The van der Waals surface area contributed by atoms with Crippen LogP contribution in [0.2, 0.25) is 0 Å². The predicted octanol–water partition coefficient (Wildman–Crippen LogP) is 2.73. The summed E-state index contributed by atoms with van der Waals surface area (Å²) < 4.78 is 0. The number of aliphatic imine (C=N–C) groups is 1. The highest BCUT2D eigenvalue weighted by atomic mass is 32.2. The number of amides is 1. The number of rotatable bonds is 0. The summed E-state index contributed by atoms with van der Waals surface area (Å²) in [7, 11) is 0. The molecule has 0 aliphatic carbocycles. The fourth-order valence-electron chi connectivity index (χ4n) is 1.22. The molecule has 0 bridgehead atoms. The molecule has 1 aliphatic heterocycles. The lowest BCUT2D eigenvalue weighted by Gasteiger charge is -2.24. The largest absolute Gasteiger partial charge is 0.305 e. The molecule has 0 N–H and O–H groups in total. The Morgan fingerprint density at radius 2 is 2.00 bits per heavy atom. The first-order valence-corrected chi connectivity index (χ1v) is 4.55. The Balaban J connectivity index is 2.80. The zero-order valence-corrected chi connectivity index (χ0v) is 8.16. The van der Waals surface area contributed by atoms with Gasteiger partial charge in [-0.3, -0.25) is 4.79 Å². The SMILES string of the molecule is CC1=NC(=O)SC1C(C)(C)C. The van der Waals surface area contributed by atoms with Crippen LogP contribution in [0.3, 0.4) is 0 Å². The molecule has 1 amide bonds. The molecule has 2 nitrogen and oxygen atoms in total. The lowest BCUT2D eigenvalue weighted by Crippen LogP contribution is -2.27. The van der Waals surface area contributed by atoms with E-state index in [-0.39, 0.29) is 15.9 Å². The van der Waals surface area contributed by atoms with Gasteiger partial charge in [0.1, 0.15) is 0 Å². The van der Waals surface area contributed by atoms with E-state index in [1.165, 1.54) is 11.8 Å². The van der Waals surface area contributed by atoms with Gasteiger partial charge in [-0.25, -0.2) is 4.99 Å². The van der Waals surface area contributed by atoms with Gasteiger partial charge in [0, 0.05) is 5.71 Å². The number of thioether (sulfide) groups is 1. The molecule has 0 saturated heterocycles. The maximum absolute atomic E-state index is 10.9. The van der Waals surface area contributed by atoms with Crippen molar-refractivity contribution in [2.75, 3.05) is 0 Å². The monoisotopic (exact) mass is 171 g/mol. The van der Waals surface area contributed by atoms with Gasteiger partial charge in [-0.05, 0) is 12.3 Å². The summed E-state index contributed by atoms with van der Waals surface area (Å²) in [6.45, 7) is 8.31. The highest BCUT2D eigenvalue weighted by Gasteiger charge is 2.34. The number of hydrogen-bond acceptors (Lipinski definition) is 2. The zero-order valence-electron chi connectivity index (χ0n) is 7.34. The van der Waals surface area contributed by atoms with Crippen molar-refractivity contribution >= 4 is 22.7 Å². The molecule has 0 aromatic heterocycles. The van der Waals surface area contributed by atoms with Gasteiger partial charge in [-0.1, -0.05) is 32.5 Å². The zero-order chi connectivity index (χ0) is 8.65. The van der Waals surface area contributed by atoms with Crippen LogP contribution in [-0.4, -0.2) is 16.2 Å². The molecule has 1 aliphatic rings. The second-order valence-electron chi connectivity index (χ2n) is 3.88. The van der Waals surface area contributed by atoms with Gasteiger partial charge >= 0.3 is 5.24 Å². The van der Waals surface area contributed by atoms with Crippen LogP contribution in [-0.2, 0) is 0 Å². The van der Waals surface area contributed by atoms with E-state index >= 15 is 0 Å². The third-order valence-corrected chi connectivity index (χ3v) is 3.23. The summed E-state index contributed by atoms with van der Waals surface area (Å²) in [5.41, 5.74) is 1.11. The number of carbonyl (C=O) groups is 1. The van der Waals surface area contributed by atoms with Crippen LogP contribution in [0, 0.1) is 5.41 Å². The minimum absolute atomic E-state index is 0.0394. The first kappa shape index (κ1) is 8.78. The Hall–Kier alpha value is -0.310. The van der Waals surface area contributed by atoms with Gasteiger partial charge < -0.3 is 0 Å². The van der Waals surface area contributed by atoms with Crippen LogP contribution in [0.5, 0.6) is 0 Å². The Labute approximate surface area is 71.5 Å². The lowest BCUT2D eigenvalue weighted by molar-refractivity contribution is 0.268. The van der Waals surface area contributed by atoms with E-state index < -0.39 is 0 Å². The molecule has 1 atom stereocenters. The van der Waals surface area contributed by atoms with Crippen LogP contribution >= 0.6 is 11.8 Å². The van der Waals surface area contributed by atoms with Gasteiger partial charge in [-0.2, -0.15) is 0 Å². The number of carbonyl (C=O) groups excluding carboxylic acids is 1. The van der Waals surface area contributed by atoms with Gasteiger partial charge in [-0.15, -0.1) is 0 Å². The van der Waals surface area contributed by atoms with E-state index in [1.807, 2.05) is 6.92 Å². The molecule has 0 aromatic carbocycles. The molecule has 0 saturated carbocycles. The highest BCUT2D eigenvalue weighted by molar-refractivity contribution is 8.15. The fraction of sp³-hybridized carbons (Fsp3) is 0.750. The van der Waals surface area contributed by atoms with Gasteiger partial charge in [0.05, 0.1) is 5.25 Å². The van der Waals surface area contributed by atoms with Crippen LogP contribution < -0.4 is 0 Å². The average Bonchev–Trinajstić information content (AvgIpc) is 2.08. The van der Waals surface area contributed by atoms with Crippen LogP contribution in [0.15, 0.2) is 4.99 Å². The molecule has 0 spiro atoms. The molecule has 62 valence electrons. The van der Waals surface area contributed by atoms with Crippen LogP contribution in [0.4, 0.5) is 4.79 Å². The summed E-state index contributed by atoms with van der Waals surface area (Å²) in [5.74, 6) is 0. The standard InChI is InChI=1S/C8H13NOS/c1-5-6(8(2,3)4)11-7(10)9-5/h6H,1-4H3. The van der Waals surface area contributed by atoms with Crippen molar-refractivity contribution in [3.63, 3.8) is 0 Å². The molecule has 0 fully saturated rings. The van der Waals surface area contributed by atoms with Crippen molar-refractivity contribution in [3.8, 4) is 0 Å². The summed E-state index contributed by atoms with van der Waals surface area (Å²) in [6.07, 6.45) is 0. The van der Waals surface area contributed by atoms with E-state index in [9.17, 15) is 4.79 Å². The van der Waals surface area contributed by atoms with Crippen molar-refractivity contribution in [1.82, 2.24) is 0 Å². The summed E-state index contributed by atoms with van der Waals surface area (Å²) >= 11 is 1.34. The molecule has 3 heteroatoms. The minimum atomic E-state index is -0.0394. The summed E-state index contributed by atoms with van der Waals surface area (Å²) in [5, 5.41) is 0.234. The number of nitrogens with zero attached hydrogens (tertiary/aromatic N) is 1. The first-order valence-electron chi connectivity index (χ1n) is 3.67. The first-order chi connectivity index (χ1) is 4.91. The molecule has 0 aromatic rings. The van der Waals surface area contributed by atoms with Crippen molar-refractivity contribution in [2.45, 2.75) is 32.9 Å². The van der Waals surface area contributed by atoms with Crippen molar-refractivity contribution in [1.29, 1.82) is 0 Å². The molecular formula is C8H13NOS. The smallest absolute Gasteiger partial charge is 0.259 e. The third-order valence-electron chi connectivity index (χ3n) is 1.65.